The van der Waals surface area contributed by atoms with Crippen LogP contribution in [0.15, 0.2) is 12.4 Å². The number of aromatic amines is 1. The van der Waals surface area contributed by atoms with Crippen LogP contribution >= 0.6 is 0 Å². The van der Waals surface area contributed by atoms with Crippen molar-refractivity contribution in [1.82, 2.24) is 10.2 Å². The summed E-state index contributed by atoms with van der Waals surface area (Å²) in [4.78, 5) is 10.9. The van der Waals surface area contributed by atoms with Gasteiger partial charge in [0, 0.05) is 18.4 Å². The Morgan fingerprint density at radius 1 is 1.71 bits per heavy atom. The number of nitrogens with zero attached hydrogens (tertiary/aromatic N) is 1. The average molecular weight is 196 g/mol. The second-order valence-electron chi connectivity index (χ2n) is 3.41. The number of H-pyrrole nitrogens is 1. The third kappa shape index (κ3) is 1.63. The predicted molar refractivity (Wildman–Crippen MR) is 47.6 cm³/mol. The van der Waals surface area contributed by atoms with Crippen molar-refractivity contribution in [2.75, 3.05) is 6.61 Å². The standard InChI is InChI=1S/C9H12N2O3/c12-9(13)7-2-1-3-14-8(7)6-4-10-11-5-6/h4-5,7-8H,1-3H2,(H,10,11)(H,12,13). The van der Waals surface area contributed by atoms with Crippen LogP contribution in [0.2, 0.25) is 0 Å². The van der Waals surface area contributed by atoms with Gasteiger partial charge in [-0.1, -0.05) is 0 Å². The van der Waals surface area contributed by atoms with Gasteiger partial charge in [0.15, 0.2) is 0 Å². The van der Waals surface area contributed by atoms with Gasteiger partial charge in [0.25, 0.3) is 0 Å². The van der Waals surface area contributed by atoms with Gasteiger partial charge in [-0.3, -0.25) is 9.89 Å². The van der Waals surface area contributed by atoms with Crippen molar-refractivity contribution in [3.63, 3.8) is 0 Å². The van der Waals surface area contributed by atoms with Crippen molar-refractivity contribution in [1.29, 1.82) is 0 Å². The van der Waals surface area contributed by atoms with E-state index < -0.39 is 11.9 Å². The summed E-state index contributed by atoms with van der Waals surface area (Å²) in [5.41, 5.74) is 0.817. The van der Waals surface area contributed by atoms with E-state index in [4.69, 9.17) is 9.84 Å². The second-order valence-corrected chi connectivity index (χ2v) is 3.41. The minimum atomic E-state index is -0.795. The first-order valence-corrected chi connectivity index (χ1v) is 4.62. The number of hydrogen-bond acceptors (Lipinski definition) is 3. The summed E-state index contributed by atoms with van der Waals surface area (Å²) >= 11 is 0. The number of carboxylic acids is 1. The SMILES string of the molecule is O=C(O)C1CCCOC1c1cn[nH]c1. The van der Waals surface area contributed by atoms with Gasteiger partial charge in [-0.25, -0.2) is 0 Å². The van der Waals surface area contributed by atoms with Crippen molar-refractivity contribution in [2.45, 2.75) is 18.9 Å². The molecule has 5 nitrogen and oxygen atoms in total. The summed E-state index contributed by atoms with van der Waals surface area (Å²) in [6, 6.07) is 0. The lowest BCUT2D eigenvalue weighted by Gasteiger charge is -2.27. The largest absolute Gasteiger partial charge is 0.481 e. The number of ether oxygens (including phenoxy) is 1. The van der Waals surface area contributed by atoms with Crippen LogP contribution in [0.3, 0.4) is 0 Å². The van der Waals surface area contributed by atoms with E-state index in [0.29, 0.717) is 13.0 Å². The molecule has 1 aliphatic heterocycles. The monoisotopic (exact) mass is 196 g/mol. The van der Waals surface area contributed by atoms with E-state index in [9.17, 15) is 4.79 Å². The van der Waals surface area contributed by atoms with Gasteiger partial charge in [-0.05, 0) is 12.8 Å². The van der Waals surface area contributed by atoms with E-state index in [0.717, 1.165) is 12.0 Å². The average Bonchev–Trinajstić information content (AvgIpc) is 2.70. The Balaban J connectivity index is 2.18. The van der Waals surface area contributed by atoms with Gasteiger partial charge >= 0.3 is 5.97 Å². The van der Waals surface area contributed by atoms with Gasteiger partial charge < -0.3 is 9.84 Å². The Bertz CT molecular complexity index is 310. The summed E-state index contributed by atoms with van der Waals surface area (Å²) in [5.74, 6) is -1.24. The zero-order valence-electron chi connectivity index (χ0n) is 7.64. The number of rotatable bonds is 2. The number of aliphatic carboxylic acids is 1. The fraction of sp³-hybridized carbons (Fsp3) is 0.556. The van der Waals surface area contributed by atoms with Crippen LogP contribution < -0.4 is 0 Å². The minimum absolute atomic E-state index is 0.347. The number of carbonyl (C=O) groups is 1. The van der Waals surface area contributed by atoms with Gasteiger partial charge in [0.05, 0.1) is 18.2 Å². The van der Waals surface area contributed by atoms with E-state index in [1.165, 1.54) is 0 Å². The van der Waals surface area contributed by atoms with Gasteiger partial charge in [0.1, 0.15) is 0 Å². The van der Waals surface area contributed by atoms with Gasteiger partial charge in [-0.2, -0.15) is 5.10 Å². The maximum atomic E-state index is 10.9. The molecule has 0 bridgehead atoms. The molecular formula is C9H12N2O3. The second kappa shape index (κ2) is 3.79. The molecule has 14 heavy (non-hydrogen) atoms. The Morgan fingerprint density at radius 2 is 2.57 bits per heavy atom. The van der Waals surface area contributed by atoms with Crippen molar-refractivity contribution < 1.29 is 14.6 Å². The van der Waals surface area contributed by atoms with E-state index in [-0.39, 0.29) is 6.10 Å². The van der Waals surface area contributed by atoms with Crippen LogP contribution in [-0.4, -0.2) is 27.9 Å². The fourth-order valence-corrected chi connectivity index (χ4v) is 1.78. The first-order chi connectivity index (χ1) is 6.79. The third-order valence-electron chi connectivity index (χ3n) is 2.49. The van der Waals surface area contributed by atoms with E-state index >= 15 is 0 Å². The molecule has 0 aliphatic carbocycles. The number of nitrogens with one attached hydrogen (secondary N) is 1. The highest BCUT2D eigenvalue weighted by Gasteiger charge is 2.33. The normalized spacial score (nSPS) is 27.4. The highest BCUT2D eigenvalue weighted by Crippen LogP contribution is 2.33. The molecule has 1 fully saturated rings. The van der Waals surface area contributed by atoms with Crippen molar-refractivity contribution in [2.24, 2.45) is 5.92 Å². The Morgan fingerprint density at radius 3 is 3.21 bits per heavy atom. The highest BCUT2D eigenvalue weighted by molar-refractivity contribution is 5.71. The molecule has 0 radical (unpaired) electrons. The molecule has 1 aromatic heterocycles. The predicted octanol–water partition coefficient (Wildman–Crippen LogP) is 0.962. The molecular weight excluding hydrogens is 184 g/mol. The molecule has 0 saturated carbocycles. The molecule has 2 N–H and O–H groups in total. The molecule has 1 saturated heterocycles. The minimum Gasteiger partial charge on any atom is -0.481 e. The van der Waals surface area contributed by atoms with Crippen molar-refractivity contribution in [3.05, 3.63) is 18.0 Å². The topological polar surface area (TPSA) is 75.2 Å². The van der Waals surface area contributed by atoms with Crippen LogP contribution in [0.5, 0.6) is 0 Å². The highest BCUT2D eigenvalue weighted by atomic mass is 16.5. The molecule has 2 rings (SSSR count). The molecule has 2 atom stereocenters. The third-order valence-corrected chi connectivity index (χ3v) is 2.49. The van der Waals surface area contributed by atoms with E-state index in [2.05, 4.69) is 10.2 Å². The zero-order chi connectivity index (χ0) is 9.97. The Hall–Kier alpha value is -1.36. The summed E-state index contributed by atoms with van der Waals surface area (Å²) in [5, 5.41) is 15.5. The Kier molecular flexibility index (Phi) is 2.49. The van der Waals surface area contributed by atoms with Crippen LogP contribution in [-0.2, 0) is 9.53 Å². The smallest absolute Gasteiger partial charge is 0.309 e. The number of aromatic nitrogens is 2. The lowest BCUT2D eigenvalue weighted by molar-refractivity contribution is -0.151. The first-order valence-electron chi connectivity index (χ1n) is 4.62. The molecule has 2 heterocycles. The number of carboxylic acid groups (broad SMARTS) is 1. The maximum absolute atomic E-state index is 10.9. The van der Waals surface area contributed by atoms with Crippen LogP contribution in [0, 0.1) is 5.92 Å². The van der Waals surface area contributed by atoms with Crippen LogP contribution in [0.1, 0.15) is 24.5 Å². The fourth-order valence-electron chi connectivity index (χ4n) is 1.78. The molecule has 0 spiro atoms. The van der Waals surface area contributed by atoms with Gasteiger partial charge in [-0.15, -0.1) is 0 Å². The molecule has 0 aromatic carbocycles. The van der Waals surface area contributed by atoms with E-state index in [1.807, 2.05) is 0 Å². The molecule has 2 unspecified atom stereocenters. The van der Waals surface area contributed by atoms with Crippen molar-refractivity contribution >= 4 is 5.97 Å². The summed E-state index contributed by atoms with van der Waals surface area (Å²) < 4.78 is 5.46. The Labute approximate surface area is 81.1 Å². The van der Waals surface area contributed by atoms with Crippen LogP contribution in [0.4, 0.5) is 0 Å². The van der Waals surface area contributed by atoms with Crippen molar-refractivity contribution in [3.8, 4) is 0 Å². The molecule has 0 amide bonds. The molecule has 1 aromatic rings. The lowest BCUT2D eigenvalue weighted by atomic mass is 9.91. The van der Waals surface area contributed by atoms with E-state index in [1.54, 1.807) is 12.4 Å². The first kappa shape index (κ1) is 9.21. The summed E-state index contributed by atoms with van der Waals surface area (Å²) in [7, 11) is 0. The van der Waals surface area contributed by atoms with Gasteiger partial charge in [0.2, 0.25) is 0 Å². The lowest BCUT2D eigenvalue weighted by Crippen LogP contribution is -2.28. The maximum Gasteiger partial charge on any atom is 0.309 e. The summed E-state index contributed by atoms with van der Waals surface area (Å²) in [6.07, 6.45) is 4.44. The number of hydrogen-bond donors (Lipinski definition) is 2. The zero-order valence-corrected chi connectivity index (χ0v) is 7.64. The summed E-state index contributed by atoms with van der Waals surface area (Å²) in [6.45, 7) is 0.625. The van der Waals surface area contributed by atoms with Crippen LogP contribution in [0.25, 0.3) is 0 Å². The molecule has 1 aliphatic rings. The molecule has 5 heteroatoms. The quantitative estimate of drug-likeness (QED) is 0.738. The molecule has 76 valence electrons.